The van der Waals surface area contributed by atoms with E-state index >= 15 is 0 Å². The molecule has 2 aromatic heterocycles. The van der Waals surface area contributed by atoms with E-state index in [1.54, 1.807) is 27.9 Å². The normalized spacial score (nSPS) is 18.0. The zero-order valence-corrected chi connectivity index (χ0v) is 34.0. The molecule has 0 radical (unpaired) electrons. The molecular formula is C37H66S2SiSn. The molecule has 3 heterocycles. The van der Waals surface area contributed by atoms with Crippen LogP contribution in [-0.2, 0) is 0 Å². The van der Waals surface area contributed by atoms with Gasteiger partial charge >= 0.3 is 272 Å². The first-order chi connectivity index (χ1) is 19.9. The molecule has 2 atom stereocenters. The molecule has 0 aliphatic carbocycles. The molecule has 0 spiro atoms. The molecule has 0 bridgehead atoms. The fourth-order valence-electron chi connectivity index (χ4n) is 8.05. The molecule has 4 heteroatoms. The average Bonchev–Trinajstić information content (AvgIpc) is 3.65. The van der Waals surface area contributed by atoms with Crippen LogP contribution in [0.2, 0.25) is 25.4 Å². The van der Waals surface area contributed by atoms with Gasteiger partial charge in [-0.3, -0.25) is 0 Å². The Hall–Kier alpha value is 0.416. The van der Waals surface area contributed by atoms with E-state index in [4.69, 9.17) is 0 Å². The molecule has 234 valence electrons. The monoisotopic (exact) mass is 722 g/mol. The molecule has 0 fully saturated rings. The van der Waals surface area contributed by atoms with Gasteiger partial charge in [0, 0.05) is 0 Å². The first-order valence-electron chi connectivity index (χ1n) is 18.1. The van der Waals surface area contributed by atoms with Crippen molar-refractivity contribution >= 4 is 62.4 Å². The number of hydrogen-bond acceptors (Lipinski definition) is 2. The standard InChI is InChI=1S/C25H39S2Si.3C4H9.Sn/c1-6-10-12-20(8-3)17-28(18-21(9-4)13-11-7-2)22-14-15-26-24(22)25-23(28)16-19(5)27-25;3*1-3-4-2;/h14,16,20-21H,6-13,17-18H2,1-5H3;3*1,3-4H2,2H3;. The third-order valence-electron chi connectivity index (χ3n) is 10.7. The molecule has 0 saturated carbocycles. The Morgan fingerprint density at radius 1 is 0.610 bits per heavy atom. The minimum absolute atomic E-state index is 0.904. The molecule has 2 aromatic rings. The zero-order valence-electron chi connectivity index (χ0n) is 28.6. The second-order valence-electron chi connectivity index (χ2n) is 13.9. The van der Waals surface area contributed by atoms with E-state index < -0.39 is 26.5 Å². The number of hydrogen-bond donors (Lipinski definition) is 0. The fourth-order valence-corrected chi connectivity index (χ4v) is 37.9. The van der Waals surface area contributed by atoms with Crippen molar-refractivity contribution in [3.05, 3.63) is 17.0 Å². The maximum atomic E-state index is 3.00. The Balaban J connectivity index is 2.22. The number of fused-ring (bicyclic) bond motifs is 3. The third kappa shape index (κ3) is 8.57. The summed E-state index contributed by atoms with van der Waals surface area (Å²) in [6, 6.07) is 8.78. The molecular weight excluding hydrogens is 655 g/mol. The Morgan fingerprint density at radius 2 is 1.05 bits per heavy atom. The fraction of sp³-hybridized carbons (Fsp3) is 0.784. The van der Waals surface area contributed by atoms with E-state index in [2.05, 4.69) is 90.2 Å². The number of thiophene rings is 2. The summed E-state index contributed by atoms with van der Waals surface area (Å²) in [5, 5.41) is 3.86. The van der Waals surface area contributed by atoms with Crippen molar-refractivity contribution < 1.29 is 0 Å². The van der Waals surface area contributed by atoms with Crippen LogP contribution < -0.4 is 13.3 Å². The molecule has 0 saturated heterocycles. The third-order valence-corrected chi connectivity index (χ3v) is 37.1. The Labute approximate surface area is 269 Å². The van der Waals surface area contributed by atoms with Gasteiger partial charge in [0.1, 0.15) is 0 Å². The van der Waals surface area contributed by atoms with Gasteiger partial charge in [0.2, 0.25) is 0 Å². The van der Waals surface area contributed by atoms with Crippen LogP contribution in [-0.4, -0.2) is 26.5 Å². The molecule has 2 unspecified atom stereocenters. The van der Waals surface area contributed by atoms with Crippen molar-refractivity contribution in [2.24, 2.45) is 11.8 Å². The zero-order chi connectivity index (χ0) is 29.9. The summed E-state index contributed by atoms with van der Waals surface area (Å²) < 4.78 is 6.84. The summed E-state index contributed by atoms with van der Waals surface area (Å²) in [4.78, 5) is 5.15. The van der Waals surface area contributed by atoms with Gasteiger partial charge in [0.25, 0.3) is 0 Å². The van der Waals surface area contributed by atoms with Crippen LogP contribution in [0.4, 0.5) is 0 Å². The van der Waals surface area contributed by atoms with E-state index in [9.17, 15) is 0 Å². The van der Waals surface area contributed by atoms with Gasteiger partial charge in [0.15, 0.2) is 0 Å². The van der Waals surface area contributed by atoms with Gasteiger partial charge in [-0.15, -0.1) is 0 Å². The van der Waals surface area contributed by atoms with Crippen molar-refractivity contribution in [3.63, 3.8) is 0 Å². The van der Waals surface area contributed by atoms with Crippen LogP contribution in [0.15, 0.2) is 12.1 Å². The second kappa shape index (κ2) is 17.8. The molecule has 1 aliphatic rings. The molecule has 1 aliphatic heterocycles. The van der Waals surface area contributed by atoms with Crippen LogP contribution in [0.1, 0.15) is 143 Å². The number of aryl methyl sites for hydroxylation is 1. The summed E-state index contributed by atoms with van der Waals surface area (Å²) in [7, 11) is -1.82. The van der Waals surface area contributed by atoms with Gasteiger partial charge in [-0.2, -0.15) is 0 Å². The van der Waals surface area contributed by atoms with E-state index in [1.165, 1.54) is 102 Å². The summed E-state index contributed by atoms with van der Waals surface area (Å²) in [6.45, 7) is 19.5. The predicted octanol–water partition coefficient (Wildman–Crippen LogP) is 12.2. The van der Waals surface area contributed by atoms with E-state index in [-0.39, 0.29) is 0 Å². The minimum atomic E-state index is -2.47. The Morgan fingerprint density at radius 3 is 1.49 bits per heavy atom. The van der Waals surface area contributed by atoms with Crippen LogP contribution in [0.25, 0.3) is 9.75 Å². The predicted molar refractivity (Wildman–Crippen MR) is 198 cm³/mol. The van der Waals surface area contributed by atoms with Gasteiger partial charge in [-0.1, -0.05) is 0 Å². The van der Waals surface area contributed by atoms with Crippen molar-refractivity contribution in [2.45, 2.75) is 171 Å². The van der Waals surface area contributed by atoms with Gasteiger partial charge in [-0.25, -0.2) is 0 Å². The van der Waals surface area contributed by atoms with Crippen molar-refractivity contribution in [1.82, 2.24) is 0 Å². The topological polar surface area (TPSA) is 0 Å². The molecule has 0 amide bonds. The van der Waals surface area contributed by atoms with E-state index in [1.807, 2.05) is 13.3 Å². The first-order valence-corrected chi connectivity index (χ1v) is 29.7. The van der Waals surface area contributed by atoms with Crippen molar-refractivity contribution in [2.75, 3.05) is 0 Å². The van der Waals surface area contributed by atoms with Crippen LogP contribution in [0, 0.1) is 18.8 Å². The molecule has 0 nitrogen and oxygen atoms in total. The van der Waals surface area contributed by atoms with Gasteiger partial charge in [0.05, 0.1) is 0 Å². The quantitative estimate of drug-likeness (QED) is 0.106. The number of rotatable bonds is 22. The Bertz CT molecular complexity index is 981. The summed E-state index contributed by atoms with van der Waals surface area (Å²) in [6.07, 6.45) is 19.7. The van der Waals surface area contributed by atoms with Crippen LogP contribution in [0.3, 0.4) is 0 Å². The van der Waals surface area contributed by atoms with Gasteiger partial charge < -0.3 is 0 Å². The second-order valence-corrected chi connectivity index (χ2v) is 34.4. The van der Waals surface area contributed by atoms with Crippen LogP contribution in [0.5, 0.6) is 0 Å². The maximum absolute atomic E-state index is 3.00. The van der Waals surface area contributed by atoms with Crippen molar-refractivity contribution in [1.29, 1.82) is 0 Å². The Kier molecular flexibility index (Phi) is 15.6. The molecule has 3 rings (SSSR count). The van der Waals surface area contributed by atoms with E-state index in [0.717, 1.165) is 11.8 Å². The average molecular weight is 722 g/mol. The summed E-state index contributed by atoms with van der Waals surface area (Å²) in [5.74, 6) is 1.81. The SMILES string of the molecule is CCCCC(CC)C[Si]1(CC(CC)CCCC)c2cc(C)sc2-c2s[c]([Sn]([CH2]CCC)([CH2]CCC)[CH2]CCC)cc21. The van der Waals surface area contributed by atoms with Crippen molar-refractivity contribution in [3.8, 4) is 9.75 Å². The summed E-state index contributed by atoms with van der Waals surface area (Å²) >= 11 is 2.08. The molecule has 0 N–H and O–H groups in total. The summed E-state index contributed by atoms with van der Waals surface area (Å²) in [5.41, 5.74) is 0. The number of unbranched alkanes of at least 4 members (excludes halogenated alkanes) is 5. The van der Waals surface area contributed by atoms with Gasteiger partial charge in [-0.05, 0) is 0 Å². The van der Waals surface area contributed by atoms with Crippen LogP contribution >= 0.6 is 22.7 Å². The molecule has 41 heavy (non-hydrogen) atoms. The molecule has 0 aromatic carbocycles. The first kappa shape index (κ1) is 35.9. The van der Waals surface area contributed by atoms with E-state index in [0.29, 0.717) is 0 Å².